The van der Waals surface area contributed by atoms with Gasteiger partial charge in [-0.25, -0.2) is 4.79 Å². The number of rotatable bonds is 7. The summed E-state index contributed by atoms with van der Waals surface area (Å²) in [6, 6.07) is 13.3. The van der Waals surface area contributed by atoms with E-state index in [9.17, 15) is 9.59 Å². The molecule has 0 aromatic heterocycles. The minimum absolute atomic E-state index is 0.166. The summed E-state index contributed by atoms with van der Waals surface area (Å²) in [5.74, 6) is 0.395. The summed E-state index contributed by atoms with van der Waals surface area (Å²) < 4.78 is 16.0. The van der Waals surface area contributed by atoms with E-state index in [0.29, 0.717) is 24.7 Å². The number of amides is 1. The van der Waals surface area contributed by atoms with Gasteiger partial charge in [0, 0.05) is 6.08 Å². The number of ether oxygens (including phenoxy) is 3. The Balaban J connectivity index is 1.45. The number of hydrogen-bond donors (Lipinski definition) is 1. The van der Waals surface area contributed by atoms with Gasteiger partial charge in [0.2, 0.25) is 0 Å². The van der Waals surface area contributed by atoms with Crippen molar-refractivity contribution in [1.82, 2.24) is 5.32 Å². The van der Waals surface area contributed by atoms with Crippen LogP contribution in [0.25, 0.3) is 6.08 Å². The van der Waals surface area contributed by atoms with Gasteiger partial charge in [-0.2, -0.15) is 0 Å². The van der Waals surface area contributed by atoms with Crippen molar-refractivity contribution < 1.29 is 23.8 Å². The number of fused-ring (bicyclic) bond motifs is 1. The highest BCUT2D eigenvalue weighted by atomic mass is 16.6. The molecule has 2 aromatic carbocycles. The van der Waals surface area contributed by atoms with Crippen molar-refractivity contribution in [3.05, 3.63) is 65.2 Å². The lowest BCUT2D eigenvalue weighted by molar-refractivity contribution is -0.144. The van der Waals surface area contributed by atoms with Gasteiger partial charge in [0.15, 0.2) is 18.1 Å². The molecule has 6 heteroatoms. The van der Waals surface area contributed by atoms with Gasteiger partial charge in [-0.05, 0) is 48.2 Å². The third kappa shape index (κ3) is 5.85. The molecule has 0 saturated heterocycles. The van der Waals surface area contributed by atoms with Crippen molar-refractivity contribution in [3.63, 3.8) is 0 Å². The molecule has 0 saturated carbocycles. The second-order valence-electron chi connectivity index (χ2n) is 6.73. The van der Waals surface area contributed by atoms with Crippen LogP contribution in [0.1, 0.15) is 36.6 Å². The van der Waals surface area contributed by atoms with Crippen molar-refractivity contribution in [2.45, 2.75) is 26.3 Å². The quantitative estimate of drug-likeness (QED) is 0.574. The summed E-state index contributed by atoms with van der Waals surface area (Å²) in [7, 11) is 0. The smallest absolute Gasteiger partial charge is 0.331 e. The highest BCUT2D eigenvalue weighted by molar-refractivity contribution is 5.89. The molecular weight excluding hydrogens is 370 g/mol. The fourth-order valence-corrected chi connectivity index (χ4v) is 2.92. The lowest BCUT2D eigenvalue weighted by atomic mass is 10.1. The van der Waals surface area contributed by atoms with Crippen LogP contribution in [0, 0.1) is 0 Å². The number of nitrogens with one attached hydrogen (secondary N) is 1. The van der Waals surface area contributed by atoms with Crippen molar-refractivity contribution in [1.29, 1.82) is 0 Å². The van der Waals surface area contributed by atoms with E-state index in [0.717, 1.165) is 17.5 Å². The number of benzene rings is 2. The van der Waals surface area contributed by atoms with E-state index in [1.807, 2.05) is 37.3 Å². The Morgan fingerprint density at radius 3 is 2.55 bits per heavy atom. The van der Waals surface area contributed by atoms with Crippen molar-refractivity contribution in [3.8, 4) is 11.5 Å². The number of aryl methyl sites for hydroxylation is 1. The first-order chi connectivity index (χ1) is 14.0. The molecule has 0 radical (unpaired) electrons. The summed E-state index contributed by atoms with van der Waals surface area (Å²) in [6.45, 7) is 4.68. The number of carbonyl (C=O) groups excluding carboxylic acids is 2. The maximum absolute atomic E-state index is 12.0. The zero-order valence-corrected chi connectivity index (χ0v) is 16.6. The monoisotopic (exact) mass is 395 g/mol. The Kier molecular flexibility index (Phi) is 6.89. The molecule has 0 unspecified atom stereocenters. The Labute approximate surface area is 170 Å². The topological polar surface area (TPSA) is 73.9 Å². The number of hydrogen-bond acceptors (Lipinski definition) is 5. The van der Waals surface area contributed by atoms with Crippen molar-refractivity contribution in [2.24, 2.45) is 0 Å². The Morgan fingerprint density at radius 1 is 1.10 bits per heavy atom. The first-order valence-electron chi connectivity index (χ1n) is 9.68. The molecule has 1 heterocycles. The lowest BCUT2D eigenvalue weighted by Gasteiger charge is -2.18. The average Bonchev–Trinajstić information content (AvgIpc) is 2.76. The first kappa shape index (κ1) is 20.5. The van der Waals surface area contributed by atoms with Crippen LogP contribution < -0.4 is 14.8 Å². The molecule has 1 amide bonds. The standard InChI is InChI=1S/C23H25NO5/c1-3-17-4-8-19(9-5-17)16(2)24-22(25)15-29-23(26)11-7-18-6-10-20-21(14-18)28-13-12-27-20/h4-11,14,16H,3,12-13,15H2,1-2H3,(H,24,25)/b11-7+/t16-/m1/s1. The molecule has 1 N–H and O–H groups in total. The van der Waals surface area contributed by atoms with Gasteiger partial charge in [0.05, 0.1) is 6.04 Å². The second-order valence-corrected chi connectivity index (χ2v) is 6.73. The molecule has 0 aliphatic carbocycles. The summed E-state index contributed by atoms with van der Waals surface area (Å²) in [5, 5.41) is 2.83. The molecule has 0 bridgehead atoms. The van der Waals surface area contributed by atoms with E-state index in [1.54, 1.807) is 18.2 Å². The minimum atomic E-state index is -0.588. The third-order valence-corrected chi connectivity index (χ3v) is 4.59. The van der Waals surface area contributed by atoms with E-state index in [1.165, 1.54) is 11.6 Å². The van der Waals surface area contributed by atoms with Crippen LogP contribution in [0.3, 0.4) is 0 Å². The highest BCUT2D eigenvalue weighted by Crippen LogP contribution is 2.31. The van der Waals surface area contributed by atoms with Gasteiger partial charge >= 0.3 is 5.97 Å². The summed E-state index contributed by atoms with van der Waals surface area (Å²) in [4.78, 5) is 23.9. The minimum Gasteiger partial charge on any atom is -0.486 e. The Hall–Kier alpha value is -3.28. The maximum Gasteiger partial charge on any atom is 0.331 e. The molecule has 1 aliphatic rings. The number of esters is 1. The molecule has 0 spiro atoms. The van der Waals surface area contributed by atoms with Crippen LogP contribution in [0.2, 0.25) is 0 Å². The lowest BCUT2D eigenvalue weighted by Crippen LogP contribution is -2.30. The SMILES string of the molecule is CCc1ccc([C@@H](C)NC(=O)COC(=O)/C=C/c2ccc3c(c2)OCCO3)cc1. The predicted molar refractivity (Wildman–Crippen MR) is 110 cm³/mol. The molecule has 2 aromatic rings. The molecule has 1 aliphatic heterocycles. The van der Waals surface area contributed by atoms with E-state index < -0.39 is 5.97 Å². The molecule has 152 valence electrons. The first-order valence-corrected chi connectivity index (χ1v) is 9.68. The predicted octanol–water partition coefficient (Wildman–Crippen LogP) is 3.45. The van der Waals surface area contributed by atoms with Gasteiger partial charge < -0.3 is 19.5 Å². The van der Waals surface area contributed by atoms with Crippen molar-refractivity contribution in [2.75, 3.05) is 19.8 Å². The average molecular weight is 395 g/mol. The van der Waals surface area contributed by atoms with Gasteiger partial charge in [-0.15, -0.1) is 0 Å². The Bertz CT molecular complexity index is 889. The normalized spacial score (nSPS) is 13.7. The molecule has 1 atom stereocenters. The van der Waals surface area contributed by atoms with Crippen LogP contribution >= 0.6 is 0 Å². The van der Waals surface area contributed by atoms with Crippen LogP contribution in [-0.2, 0) is 20.7 Å². The third-order valence-electron chi connectivity index (χ3n) is 4.59. The largest absolute Gasteiger partial charge is 0.486 e. The summed E-state index contributed by atoms with van der Waals surface area (Å²) in [6.07, 6.45) is 3.86. The zero-order chi connectivity index (χ0) is 20.6. The summed E-state index contributed by atoms with van der Waals surface area (Å²) in [5.41, 5.74) is 3.02. The molecule has 0 fully saturated rings. The van der Waals surface area contributed by atoms with Crippen LogP contribution in [0.15, 0.2) is 48.5 Å². The van der Waals surface area contributed by atoms with Crippen LogP contribution in [-0.4, -0.2) is 31.7 Å². The van der Waals surface area contributed by atoms with Crippen LogP contribution in [0.4, 0.5) is 0 Å². The zero-order valence-electron chi connectivity index (χ0n) is 16.6. The van der Waals surface area contributed by atoms with Crippen molar-refractivity contribution >= 4 is 18.0 Å². The van der Waals surface area contributed by atoms with Crippen LogP contribution in [0.5, 0.6) is 11.5 Å². The van der Waals surface area contributed by atoms with E-state index >= 15 is 0 Å². The number of carbonyl (C=O) groups is 2. The van der Waals surface area contributed by atoms with E-state index in [2.05, 4.69) is 12.2 Å². The van der Waals surface area contributed by atoms with Gasteiger partial charge in [-0.3, -0.25) is 4.79 Å². The fraction of sp³-hybridized carbons (Fsp3) is 0.304. The molecular formula is C23H25NO5. The van der Waals surface area contributed by atoms with Gasteiger partial charge in [0.25, 0.3) is 5.91 Å². The molecule has 3 rings (SSSR count). The molecule has 6 nitrogen and oxygen atoms in total. The van der Waals surface area contributed by atoms with E-state index in [4.69, 9.17) is 14.2 Å². The van der Waals surface area contributed by atoms with E-state index in [-0.39, 0.29) is 18.6 Å². The highest BCUT2D eigenvalue weighted by Gasteiger charge is 2.12. The van der Waals surface area contributed by atoms with Gasteiger partial charge in [0.1, 0.15) is 13.2 Å². The second kappa shape index (κ2) is 9.78. The fourth-order valence-electron chi connectivity index (χ4n) is 2.92. The molecule has 29 heavy (non-hydrogen) atoms. The Morgan fingerprint density at radius 2 is 1.83 bits per heavy atom. The maximum atomic E-state index is 12.0. The van der Waals surface area contributed by atoms with Gasteiger partial charge in [-0.1, -0.05) is 37.3 Å². The summed E-state index contributed by atoms with van der Waals surface area (Å²) >= 11 is 0.